The Bertz CT molecular complexity index is 59.1. The van der Waals surface area contributed by atoms with Crippen molar-refractivity contribution in [3.8, 4) is 0 Å². The molecule has 0 bridgehead atoms. The Morgan fingerprint density at radius 3 is 2.43 bits per heavy atom. The summed E-state index contributed by atoms with van der Waals surface area (Å²) in [6.45, 7) is 2.02. The van der Waals surface area contributed by atoms with Gasteiger partial charge in [-0.25, -0.2) is 0 Å². The van der Waals surface area contributed by atoms with Crippen LogP contribution in [0.15, 0.2) is 11.5 Å². The third-order valence-electron chi connectivity index (χ3n) is 0.524. The highest BCUT2D eigenvalue weighted by Crippen LogP contribution is 1.86. The van der Waals surface area contributed by atoms with E-state index in [4.69, 9.17) is 0 Å². The molecule has 1 unspecified atom stereocenters. The summed E-state index contributed by atoms with van der Waals surface area (Å²) in [5.74, 6) is 0. The standard InChI is InChI=1S/C5H10OS/c1-3-4-5-7(2)6/h4-5H,3H2,1-2H3. The fraction of sp³-hybridized carbons (Fsp3) is 0.600. The summed E-state index contributed by atoms with van der Waals surface area (Å²) in [5.41, 5.74) is 0. The Morgan fingerprint density at radius 2 is 2.29 bits per heavy atom. The second-order valence-electron chi connectivity index (χ2n) is 1.28. The van der Waals surface area contributed by atoms with Crippen molar-refractivity contribution in [1.82, 2.24) is 0 Å². The molecular formula is C5H10OS. The van der Waals surface area contributed by atoms with Gasteiger partial charge in [0.05, 0.1) is 6.26 Å². The average molecular weight is 118 g/mol. The lowest BCUT2D eigenvalue weighted by Gasteiger charge is -1.92. The second-order valence-corrected chi connectivity index (χ2v) is 2.55. The Kier molecular flexibility index (Phi) is 4.25. The lowest BCUT2D eigenvalue weighted by molar-refractivity contribution is 0.609. The van der Waals surface area contributed by atoms with E-state index in [1.165, 1.54) is 0 Å². The number of allylic oxidation sites excluding steroid dienone is 1. The summed E-state index contributed by atoms with van der Waals surface area (Å²) in [4.78, 5) is 0. The molecule has 0 aliphatic heterocycles. The first kappa shape index (κ1) is 7.05. The molecule has 0 spiro atoms. The van der Waals surface area contributed by atoms with Crippen molar-refractivity contribution in [2.45, 2.75) is 13.3 Å². The quantitative estimate of drug-likeness (QED) is 0.501. The predicted molar refractivity (Wildman–Crippen MR) is 33.5 cm³/mol. The Labute approximate surface area is 47.6 Å². The molecule has 0 aromatic heterocycles. The van der Waals surface area contributed by atoms with Crippen LogP contribution in [0.3, 0.4) is 0 Å². The maximum absolute atomic E-state index is 10.2. The maximum atomic E-state index is 10.2. The first-order chi connectivity index (χ1) is 3.27. The first-order valence-electron chi connectivity index (χ1n) is 2.26. The van der Waals surface area contributed by atoms with Crippen LogP contribution in [0.5, 0.6) is 0 Å². The van der Waals surface area contributed by atoms with Gasteiger partial charge in [-0.05, 0) is 23.7 Å². The molecule has 0 N–H and O–H groups in total. The minimum atomic E-state index is -0.746. The van der Waals surface area contributed by atoms with Gasteiger partial charge < -0.3 is 4.55 Å². The number of rotatable bonds is 2. The van der Waals surface area contributed by atoms with Crippen molar-refractivity contribution in [3.63, 3.8) is 0 Å². The highest BCUT2D eigenvalue weighted by Gasteiger charge is 1.80. The summed E-state index contributed by atoms with van der Waals surface area (Å²) in [5, 5.41) is 1.69. The fourth-order valence-corrected chi connectivity index (χ4v) is 0.695. The van der Waals surface area contributed by atoms with Crippen LogP contribution >= 0.6 is 0 Å². The fourth-order valence-electron chi connectivity index (χ4n) is 0.232. The van der Waals surface area contributed by atoms with Gasteiger partial charge in [-0.15, -0.1) is 0 Å². The molecule has 2 heteroatoms. The van der Waals surface area contributed by atoms with Crippen LogP contribution in [0.2, 0.25) is 0 Å². The molecule has 0 fully saturated rings. The SMILES string of the molecule is CCC=C[S+](C)[O-]. The maximum Gasteiger partial charge on any atom is 0.112 e. The zero-order valence-electron chi connectivity index (χ0n) is 4.68. The Morgan fingerprint density at radius 1 is 1.71 bits per heavy atom. The molecule has 1 nitrogen and oxygen atoms in total. The topological polar surface area (TPSA) is 23.1 Å². The van der Waals surface area contributed by atoms with E-state index in [1.807, 2.05) is 13.0 Å². The molecule has 0 aliphatic rings. The smallest absolute Gasteiger partial charge is 0.112 e. The van der Waals surface area contributed by atoms with E-state index in [9.17, 15) is 4.55 Å². The zero-order chi connectivity index (χ0) is 5.70. The van der Waals surface area contributed by atoms with Crippen LogP contribution in [0.25, 0.3) is 0 Å². The number of hydrogen-bond donors (Lipinski definition) is 0. The van der Waals surface area contributed by atoms with Crippen molar-refractivity contribution < 1.29 is 4.55 Å². The zero-order valence-corrected chi connectivity index (χ0v) is 5.49. The summed E-state index contributed by atoms with van der Waals surface area (Å²) in [7, 11) is 0. The van der Waals surface area contributed by atoms with Crippen molar-refractivity contribution in [2.24, 2.45) is 0 Å². The lowest BCUT2D eigenvalue weighted by atomic mass is 10.5. The summed E-state index contributed by atoms with van der Waals surface area (Å²) in [6, 6.07) is 0. The van der Waals surface area contributed by atoms with Crippen LogP contribution < -0.4 is 0 Å². The molecule has 0 amide bonds. The summed E-state index contributed by atoms with van der Waals surface area (Å²) >= 11 is -0.746. The van der Waals surface area contributed by atoms with Crippen molar-refractivity contribution >= 4 is 11.2 Å². The second kappa shape index (κ2) is 4.22. The molecule has 7 heavy (non-hydrogen) atoms. The van der Waals surface area contributed by atoms with Gasteiger partial charge in [-0.2, -0.15) is 0 Å². The van der Waals surface area contributed by atoms with E-state index >= 15 is 0 Å². The van der Waals surface area contributed by atoms with Crippen LogP contribution in [0.1, 0.15) is 13.3 Å². The molecular weight excluding hydrogens is 108 g/mol. The van der Waals surface area contributed by atoms with Gasteiger partial charge in [-0.1, -0.05) is 6.92 Å². The normalized spacial score (nSPS) is 15.3. The molecule has 1 atom stereocenters. The third kappa shape index (κ3) is 6.05. The third-order valence-corrected chi connectivity index (χ3v) is 1.10. The van der Waals surface area contributed by atoms with E-state index < -0.39 is 11.2 Å². The molecule has 0 saturated carbocycles. The average Bonchev–Trinajstić information content (AvgIpc) is 1.61. The van der Waals surface area contributed by atoms with Crippen LogP contribution in [0, 0.1) is 0 Å². The van der Waals surface area contributed by atoms with Gasteiger partial charge in [0, 0.05) is 0 Å². The summed E-state index contributed by atoms with van der Waals surface area (Å²) in [6.07, 6.45) is 4.53. The molecule has 0 radical (unpaired) electrons. The van der Waals surface area contributed by atoms with Gasteiger partial charge in [0.1, 0.15) is 5.41 Å². The minimum Gasteiger partial charge on any atom is -0.612 e. The van der Waals surface area contributed by atoms with Crippen molar-refractivity contribution in [2.75, 3.05) is 6.26 Å². The van der Waals surface area contributed by atoms with Crippen LogP contribution in [-0.4, -0.2) is 10.8 Å². The Hall–Kier alpha value is 0.0500. The molecule has 0 aliphatic carbocycles. The first-order valence-corrected chi connectivity index (χ1v) is 3.88. The van der Waals surface area contributed by atoms with Gasteiger partial charge in [0.25, 0.3) is 0 Å². The molecule has 0 saturated heterocycles. The van der Waals surface area contributed by atoms with Gasteiger partial charge >= 0.3 is 0 Å². The molecule has 0 aromatic rings. The monoisotopic (exact) mass is 118 g/mol. The predicted octanol–water partition coefficient (Wildman–Crippen LogP) is 1.29. The van der Waals surface area contributed by atoms with Gasteiger partial charge in [0.15, 0.2) is 0 Å². The highest BCUT2D eigenvalue weighted by atomic mass is 32.2. The highest BCUT2D eigenvalue weighted by molar-refractivity contribution is 7.93. The van der Waals surface area contributed by atoms with E-state index in [-0.39, 0.29) is 0 Å². The largest absolute Gasteiger partial charge is 0.612 e. The molecule has 0 rings (SSSR count). The lowest BCUT2D eigenvalue weighted by Crippen LogP contribution is -1.86. The van der Waals surface area contributed by atoms with Crippen molar-refractivity contribution in [3.05, 3.63) is 11.5 Å². The molecule has 0 aromatic carbocycles. The Balaban J connectivity index is 3.08. The van der Waals surface area contributed by atoms with E-state index in [0.29, 0.717) is 0 Å². The molecule has 42 valence electrons. The minimum absolute atomic E-state index is 0.746. The van der Waals surface area contributed by atoms with Crippen LogP contribution in [-0.2, 0) is 11.2 Å². The van der Waals surface area contributed by atoms with Crippen LogP contribution in [0.4, 0.5) is 0 Å². The number of hydrogen-bond acceptors (Lipinski definition) is 1. The van der Waals surface area contributed by atoms with Crippen molar-refractivity contribution in [1.29, 1.82) is 0 Å². The van der Waals surface area contributed by atoms with E-state index in [2.05, 4.69) is 0 Å². The van der Waals surface area contributed by atoms with Gasteiger partial charge in [0.2, 0.25) is 0 Å². The molecule has 0 heterocycles. The van der Waals surface area contributed by atoms with E-state index in [1.54, 1.807) is 11.7 Å². The van der Waals surface area contributed by atoms with Gasteiger partial charge in [-0.3, -0.25) is 0 Å². The summed E-state index contributed by atoms with van der Waals surface area (Å²) < 4.78 is 10.2. The van der Waals surface area contributed by atoms with E-state index in [0.717, 1.165) is 6.42 Å².